The van der Waals surface area contributed by atoms with Gasteiger partial charge in [-0.15, -0.1) is 5.10 Å². The third-order valence-electron chi connectivity index (χ3n) is 3.49. The van der Waals surface area contributed by atoms with Crippen LogP contribution in [0.15, 0.2) is 12.5 Å². The first-order valence-corrected chi connectivity index (χ1v) is 7.78. The van der Waals surface area contributed by atoms with E-state index in [9.17, 15) is 0 Å². The molecule has 0 spiro atoms. The fourth-order valence-electron chi connectivity index (χ4n) is 2.34. The number of unbranched alkanes of at least 4 members (excludes halogenated alkanes) is 4. The highest BCUT2D eigenvalue weighted by Crippen LogP contribution is 2.22. The van der Waals surface area contributed by atoms with Gasteiger partial charge in [0.1, 0.15) is 17.7 Å². The van der Waals surface area contributed by atoms with Gasteiger partial charge in [0, 0.05) is 6.54 Å². The maximum absolute atomic E-state index is 4.32. The summed E-state index contributed by atoms with van der Waals surface area (Å²) in [7, 11) is 0. The summed E-state index contributed by atoms with van der Waals surface area (Å²) < 4.78 is 1.99. The number of aryl methyl sites for hydroxylation is 1. The lowest BCUT2D eigenvalue weighted by molar-refractivity contribution is 0.687. The summed E-state index contributed by atoms with van der Waals surface area (Å²) in [6.07, 6.45) is 11.9. The van der Waals surface area contributed by atoms with Gasteiger partial charge >= 0.3 is 0 Å². The summed E-state index contributed by atoms with van der Waals surface area (Å²) in [6, 6.07) is 0. The summed E-state index contributed by atoms with van der Waals surface area (Å²) in [4.78, 5) is 4.22. The van der Waals surface area contributed by atoms with Crippen molar-refractivity contribution in [2.45, 2.75) is 58.8 Å². The molecule has 0 aromatic heterocycles. The Balaban J connectivity index is 2.06. The lowest BCUT2D eigenvalue weighted by Gasteiger charge is -2.14. The Labute approximate surface area is 121 Å². The summed E-state index contributed by atoms with van der Waals surface area (Å²) in [6.45, 7) is 5.39. The largest absolute Gasteiger partial charge is 0.324 e. The Kier molecular flexibility index (Phi) is 5.77. The van der Waals surface area contributed by atoms with Crippen LogP contribution in [0.2, 0.25) is 0 Å². The van der Waals surface area contributed by atoms with Crippen LogP contribution in [0.4, 0.5) is 0 Å². The van der Waals surface area contributed by atoms with Crippen LogP contribution in [0.1, 0.15) is 58.1 Å². The molecule has 2 heterocycles. The molecule has 0 saturated carbocycles. The van der Waals surface area contributed by atoms with Crippen LogP contribution in [0, 0.1) is 0 Å². The highest BCUT2D eigenvalue weighted by Gasteiger charge is 2.16. The summed E-state index contributed by atoms with van der Waals surface area (Å²) >= 11 is 0. The van der Waals surface area contributed by atoms with Crippen molar-refractivity contribution in [2.24, 2.45) is 0 Å². The molecule has 1 N–H and O–H groups in total. The van der Waals surface area contributed by atoms with E-state index < -0.39 is 0 Å². The third kappa shape index (κ3) is 3.68. The van der Waals surface area contributed by atoms with Crippen molar-refractivity contribution < 1.29 is 0 Å². The average Bonchev–Trinajstić information content (AvgIpc) is 2.88. The predicted octanol–water partition coefficient (Wildman–Crippen LogP) is 3.24. The maximum atomic E-state index is 4.32. The number of aromatic nitrogens is 4. The first-order chi connectivity index (χ1) is 9.86. The highest BCUT2D eigenvalue weighted by molar-refractivity contribution is 5.58. The minimum Gasteiger partial charge on any atom is -0.324 e. The molecule has 5 nitrogen and oxygen atoms in total. The molecule has 110 valence electrons. The van der Waals surface area contributed by atoms with Gasteiger partial charge in [-0.25, -0.2) is 9.66 Å². The number of hydrogen-bond acceptors (Lipinski definition) is 4. The molecular weight excluding hydrogens is 250 g/mol. The molecule has 5 heteroatoms. The van der Waals surface area contributed by atoms with Gasteiger partial charge in [-0.3, -0.25) is 0 Å². The van der Waals surface area contributed by atoms with Crippen molar-refractivity contribution in [1.82, 2.24) is 19.9 Å². The molecule has 2 rings (SSSR count). The SMILES string of the molecule is CCCCCNn1cncc2nnc(CCCCC)c1-2. The number of rotatable bonds is 9. The van der Waals surface area contributed by atoms with Crippen LogP contribution < -0.4 is 5.43 Å². The standard InChI is InChI=1S/C15H25N5/c1-3-5-7-9-13-15-14(19-18-13)11-16-12-20(15)17-10-8-6-4-2/h11-12,17H,3-10H2,1-2H3. The van der Waals surface area contributed by atoms with Crippen molar-refractivity contribution in [2.75, 3.05) is 12.0 Å². The zero-order chi connectivity index (χ0) is 14.2. The van der Waals surface area contributed by atoms with Crippen LogP contribution in [-0.4, -0.2) is 26.4 Å². The van der Waals surface area contributed by atoms with E-state index in [0.29, 0.717) is 0 Å². The lowest BCUT2D eigenvalue weighted by atomic mass is 10.1. The molecule has 0 amide bonds. The van der Waals surface area contributed by atoms with Gasteiger partial charge in [0.05, 0.1) is 11.9 Å². The van der Waals surface area contributed by atoms with E-state index in [4.69, 9.17) is 0 Å². The Morgan fingerprint density at radius 1 is 1.05 bits per heavy atom. The molecule has 20 heavy (non-hydrogen) atoms. The number of nitrogens with zero attached hydrogens (tertiary/aromatic N) is 4. The van der Waals surface area contributed by atoms with Crippen molar-refractivity contribution in [3.8, 4) is 11.4 Å². The molecule has 0 fully saturated rings. The van der Waals surface area contributed by atoms with E-state index >= 15 is 0 Å². The van der Waals surface area contributed by atoms with E-state index in [2.05, 4.69) is 34.5 Å². The minimum absolute atomic E-state index is 0.877. The second-order valence-corrected chi connectivity index (χ2v) is 5.22. The fraction of sp³-hybridized carbons (Fsp3) is 0.667. The monoisotopic (exact) mass is 275 g/mol. The normalized spacial score (nSPS) is 11.1. The smallest absolute Gasteiger partial charge is 0.132 e. The van der Waals surface area contributed by atoms with Gasteiger partial charge in [0.25, 0.3) is 0 Å². The zero-order valence-corrected chi connectivity index (χ0v) is 12.6. The van der Waals surface area contributed by atoms with Gasteiger partial charge in [0.2, 0.25) is 0 Å². The summed E-state index contributed by atoms with van der Waals surface area (Å²) in [5.41, 5.74) is 6.46. The zero-order valence-electron chi connectivity index (χ0n) is 12.6. The van der Waals surface area contributed by atoms with E-state index in [1.165, 1.54) is 38.5 Å². The molecular formula is C15H25N5. The van der Waals surface area contributed by atoms with Gasteiger partial charge < -0.3 is 5.43 Å². The molecule has 2 aliphatic heterocycles. The van der Waals surface area contributed by atoms with Crippen LogP contribution in [0.25, 0.3) is 11.4 Å². The van der Waals surface area contributed by atoms with Crippen molar-refractivity contribution in [1.29, 1.82) is 0 Å². The average molecular weight is 275 g/mol. The Bertz CT molecular complexity index is 479. The van der Waals surface area contributed by atoms with Crippen LogP contribution in [0.3, 0.4) is 0 Å². The lowest BCUT2D eigenvalue weighted by Crippen LogP contribution is -2.19. The molecule has 0 unspecified atom stereocenters. The van der Waals surface area contributed by atoms with Gasteiger partial charge in [-0.1, -0.05) is 39.5 Å². The number of nitrogens with one attached hydrogen (secondary N) is 1. The first-order valence-electron chi connectivity index (χ1n) is 7.78. The molecule has 0 aliphatic carbocycles. The second-order valence-electron chi connectivity index (χ2n) is 5.22. The maximum Gasteiger partial charge on any atom is 0.132 e. The van der Waals surface area contributed by atoms with E-state index in [-0.39, 0.29) is 0 Å². The number of hydrogen-bond donors (Lipinski definition) is 1. The topological polar surface area (TPSA) is 55.6 Å². The Morgan fingerprint density at radius 2 is 1.85 bits per heavy atom. The van der Waals surface area contributed by atoms with Gasteiger partial charge in [-0.2, -0.15) is 5.10 Å². The third-order valence-corrected chi connectivity index (χ3v) is 3.49. The van der Waals surface area contributed by atoms with Crippen LogP contribution in [-0.2, 0) is 6.42 Å². The van der Waals surface area contributed by atoms with E-state index in [0.717, 1.165) is 30.0 Å². The molecule has 0 saturated heterocycles. The summed E-state index contributed by atoms with van der Waals surface area (Å²) in [5, 5.41) is 8.55. The summed E-state index contributed by atoms with van der Waals surface area (Å²) in [5.74, 6) is 0. The molecule has 2 aliphatic rings. The second kappa shape index (κ2) is 7.82. The molecule has 0 aromatic rings. The van der Waals surface area contributed by atoms with Crippen LogP contribution in [0.5, 0.6) is 0 Å². The van der Waals surface area contributed by atoms with Gasteiger partial charge in [-0.05, 0) is 19.3 Å². The highest BCUT2D eigenvalue weighted by atomic mass is 15.4. The fourth-order valence-corrected chi connectivity index (χ4v) is 2.34. The first kappa shape index (κ1) is 14.8. The Morgan fingerprint density at radius 3 is 2.65 bits per heavy atom. The van der Waals surface area contributed by atoms with Crippen molar-refractivity contribution in [3.05, 3.63) is 18.2 Å². The molecule has 0 bridgehead atoms. The molecule has 0 aromatic carbocycles. The number of fused-ring (bicyclic) bond motifs is 1. The van der Waals surface area contributed by atoms with Crippen LogP contribution >= 0.6 is 0 Å². The molecule has 0 radical (unpaired) electrons. The van der Waals surface area contributed by atoms with E-state index in [1.54, 1.807) is 6.20 Å². The predicted molar refractivity (Wildman–Crippen MR) is 81.4 cm³/mol. The van der Waals surface area contributed by atoms with E-state index in [1.807, 2.05) is 11.0 Å². The minimum atomic E-state index is 0.877. The Hall–Kier alpha value is -1.65. The quantitative estimate of drug-likeness (QED) is 0.714. The van der Waals surface area contributed by atoms with Crippen molar-refractivity contribution in [3.63, 3.8) is 0 Å². The van der Waals surface area contributed by atoms with Crippen molar-refractivity contribution >= 4 is 0 Å². The molecule has 0 atom stereocenters. The van der Waals surface area contributed by atoms with Gasteiger partial charge in [0.15, 0.2) is 0 Å².